The Morgan fingerprint density at radius 3 is 2.46 bits per heavy atom. The van der Waals surface area contributed by atoms with Crippen molar-refractivity contribution in [2.24, 2.45) is 0 Å². The minimum Gasteiger partial charge on any atom is -0.504 e. The molecule has 4 rings (SSSR count). The second-order valence-electron chi connectivity index (χ2n) is 6.52. The average molecular weight is 356 g/mol. The van der Waals surface area contributed by atoms with Crippen LogP contribution in [0.1, 0.15) is 22.3 Å². The van der Waals surface area contributed by atoms with Crippen molar-refractivity contribution in [1.82, 2.24) is 0 Å². The van der Waals surface area contributed by atoms with Crippen LogP contribution in [0.2, 0.25) is 0 Å². The zero-order valence-corrected chi connectivity index (χ0v) is 15.0. The van der Waals surface area contributed by atoms with Gasteiger partial charge in [0.15, 0.2) is 23.0 Å². The van der Waals surface area contributed by atoms with Gasteiger partial charge in [0, 0.05) is 12.5 Å². The van der Waals surface area contributed by atoms with Crippen LogP contribution in [0.4, 0.5) is 0 Å². The monoisotopic (exact) mass is 356 g/mol. The number of fused-ring (bicyclic) bond motifs is 4. The lowest BCUT2D eigenvalue weighted by atomic mass is 9.89. The lowest BCUT2D eigenvalue weighted by Crippen LogP contribution is -3.09. The van der Waals surface area contributed by atoms with Crippen LogP contribution >= 0.6 is 0 Å². The van der Waals surface area contributed by atoms with E-state index in [1.54, 1.807) is 20.3 Å². The molecule has 0 saturated carbocycles. The van der Waals surface area contributed by atoms with Crippen molar-refractivity contribution in [2.75, 3.05) is 27.9 Å². The van der Waals surface area contributed by atoms with E-state index < -0.39 is 0 Å². The van der Waals surface area contributed by atoms with E-state index in [4.69, 9.17) is 14.2 Å². The molecule has 0 saturated heterocycles. The van der Waals surface area contributed by atoms with E-state index in [0.717, 1.165) is 40.9 Å². The molecule has 0 aromatic heterocycles. The fraction of sp³-hybridized carbons (Fsp3) is 0.300. The fourth-order valence-electron chi connectivity index (χ4n) is 4.02. The molecule has 2 aliphatic heterocycles. The van der Waals surface area contributed by atoms with E-state index >= 15 is 0 Å². The second-order valence-corrected chi connectivity index (χ2v) is 6.52. The van der Waals surface area contributed by atoms with Crippen molar-refractivity contribution in [3.63, 3.8) is 0 Å². The topological polar surface area (TPSA) is 72.6 Å². The van der Waals surface area contributed by atoms with Crippen LogP contribution in [-0.4, -0.2) is 38.1 Å². The van der Waals surface area contributed by atoms with Gasteiger partial charge in [-0.15, -0.1) is 0 Å². The Labute approximate surface area is 151 Å². The zero-order chi connectivity index (χ0) is 18.4. The molecule has 2 aromatic rings. The SMILES string of the molecule is COc1cc2c(c(O)c1OC)C1=Cc3ccc(O)c(OC)c3C[NH+]1CC2. The number of phenolic OH excluding ortho intramolecular Hbond substituents is 2. The molecule has 1 unspecified atom stereocenters. The standard InChI is InChI=1S/C20H21NO5/c1-24-16-9-12-6-7-21-10-13-11(4-5-15(22)19(13)25-2)8-14(21)17(12)18(23)20(16)26-3/h4-5,8-9,22-23H,6-7,10H2,1-3H3/p+1. The number of methoxy groups -OCH3 is 3. The van der Waals surface area contributed by atoms with Gasteiger partial charge in [0.2, 0.25) is 5.75 Å². The first-order chi connectivity index (χ1) is 12.6. The van der Waals surface area contributed by atoms with Gasteiger partial charge in [-0.1, -0.05) is 6.07 Å². The number of hydrogen-bond donors (Lipinski definition) is 3. The molecular formula is C20H22NO5+. The van der Waals surface area contributed by atoms with E-state index in [1.807, 2.05) is 12.1 Å². The summed E-state index contributed by atoms with van der Waals surface area (Å²) in [6.07, 6.45) is 2.87. The summed E-state index contributed by atoms with van der Waals surface area (Å²) in [6, 6.07) is 5.46. The predicted molar refractivity (Wildman–Crippen MR) is 97.0 cm³/mol. The minimum absolute atomic E-state index is 0.111. The molecule has 2 aromatic carbocycles. The maximum atomic E-state index is 10.9. The first-order valence-electron chi connectivity index (χ1n) is 8.51. The smallest absolute Gasteiger partial charge is 0.203 e. The first kappa shape index (κ1) is 16.6. The third-order valence-electron chi connectivity index (χ3n) is 5.24. The average Bonchev–Trinajstić information content (AvgIpc) is 2.65. The predicted octanol–water partition coefficient (Wildman–Crippen LogP) is 1.58. The van der Waals surface area contributed by atoms with E-state index in [1.165, 1.54) is 12.0 Å². The summed E-state index contributed by atoms with van der Waals surface area (Å²) in [5.74, 6) is 1.67. The Morgan fingerprint density at radius 1 is 1.00 bits per heavy atom. The van der Waals surface area contributed by atoms with Gasteiger partial charge >= 0.3 is 0 Å². The van der Waals surface area contributed by atoms with Gasteiger partial charge in [0.05, 0.1) is 39.0 Å². The van der Waals surface area contributed by atoms with E-state index in [9.17, 15) is 10.2 Å². The number of hydrogen-bond acceptors (Lipinski definition) is 5. The molecule has 136 valence electrons. The number of quaternary nitrogens is 1. The maximum absolute atomic E-state index is 10.9. The minimum atomic E-state index is 0.111. The highest BCUT2D eigenvalue weighted by molar-refractivity contribution is 5.86. The molecule has 0 amide bonds. The number of nitrogens with one attached hydrogen (secondary N) is 1. The van der Waals surface area contributed by atoms with Gasteiger partial charge in [-0.05, 0) is 23.3 Å². The van der Waals surface area contributed by atoms with E-state index in [0.29, 0.717) is 23.8 Å². The molecule has 6 nitrogen and oxygen atoms in total. The molecule has 26 heavy (non-hydrogen) atoms. The Hall–Kier alpha value is -2.86. The van der Waals surface area contributed by atoms with Gasteiger partial charge in [0.25, 0.3) is 0 Å². The molecule has 0 aliphatic carbocycles. The number of ether oxygens (including phenoxy) is 3. The summed E-state index contributed by atoms with van der Waals surface area (Å²) in [5, 5.41) is 20.9. The first-order valence-corrected chi connectivity index (χ1v) is 8.51. The van der Waals surface area contributed by atoms with Gasteiger partial charge in [-0.25, -0.2) is 0 Å². The largest absolute Gasteiger partial charge is 0.504 e. The Morgan fingerprint density at radius 2 is 1.77 bits per heavy atom. The van der Waals surface area contributed by atoms with Crippen molar-refractivity contribution in [3.05, 3.63) is 40.5 Å². The lowest BCUT2D eigenvalue weighted by molar-refractivity contribution is -0.841. The summed E-state index contributed by atoms with van der Waals surface area (Å²) < 4.78 is 16.1. The van der Waals surface area contributed by atoms with Gasteiger partial charge in [-0.2, -0.15) is 0 Å². The Balaban J connectivity index is 1.93. The number of aromatic hydroxyl groups is 2. The van der Waals surface area contributed by atoms with Crippen molar-refractivity contribution in [1.29, 1.82) is 0 Å². The van der Waals surface area contributed by atoms with Crippen LogP contribution in [0.15, 0.2) is 18.2 Å². The molecule has 1 atom stereocenters. The van der Waals surface area contributed by atoms with Crippen molar-refractivity contribution >= 4 is 11.8 Å². The molecule has 6 heteroatoms. The molecule has 0 spiro atoms. The van der Waals surface area contributed by atoms with E-state index in [2.05, 4.69) is 6.08 Å². The van der Waals surface area contributed by atoms with Crippen LogP contribution in [0, 0.1) is 0 Å². The summed E-state index contributed by atoms with van der Waals surface area (Å²) >= 11 is 0. The summed E-state index contributed by atoms with van der Waals surface area (Å²) in [6.45, 7) is 1.57. The summed E-state index contributed by atoms with van der Waals surface area (Å²) in [4.78, 5) is 1.22. The van der Waals surface area contributed by atoms with Crippen LogP contribution < -0.4 is 19.1 Å². The Kier molecular flexibility index (Phi) is 3.92. The second kappa shape index (κ2) is 6.14. The van der Waals surface area contributed by atoms with E-state index in [-0.39, 0.29) is 11.5 Å². The summed E-state index contributed by atoms with van der Waals surface area (Å²) in [7, 11) is 4.66. The maximum Gasteiger partial charge on any atom is 0.203 e. The number of benzene rings is 2. The van der Waals surface area contributed by atoms with Gasteiger partial charge < -0.3 is 24.4 Å². The molecule has 3 N–H and O–H groups in total. The number of rotatable bonds is 3. The molecule has 0 fully saturated rings. The Bertz CT molecular complexity index is 919. The third-order valence-corrected chi connectivity index (χ3v) is 5.24. The fourth-order valence-corrected chi connectivity index (χ4v) is 4.02. The lowest BCUT2D eigenvalue weighted by Gasteiger charge is -2.33. The molecule has 2 heterocycles. The van der Waals surface area contributed by atoms with Crippen LogP contribution in [0.3, 0.4) is 0 Å². The molecular weight excluding hydrogens is 334 g/mol. The van der Waals surface area contributed by atoms with Crippen molar-refractivity contribution in [3.8, 4) is 28.7 Å². The highest BCUT2D eigenvalue weighted by Gasteiger charge is 2.36. The van der Waals surface area contributed by atoms with Gasteiger partial charge in [0.1, 0.15) is 12.2 Å². The molecule has 2 aliphatic rings. The third kappa shape index (κ3) is 2.29. The highest BCUT2D eigenvalue weighted by Crippen LogP contribution is 2.45. The molecule has 0 radical (unpaired) electrons. The van der Waals surface area contributed by atoms with Crippen LogP contribution in [-0.2, 0) is 13.0 Å². The number of phenols is 2. The quantitative estimate of drug-likeness (QED) is 0.779. The molecule has 0 bridgehead atoms. The van der Waals surface area contributed by atoms with Crippen molar-refractivity contribution < 1.29 is 29.3 Å². The van der Waals surface area contributed by atoms with Gasteiger partial charge in [-0.3, -0.25) is 4.90 Å². The van der Waals surface area contributed by atoms with Crippen LogP contribution in [0.5, 0.6) is 28.7 Å². The normalized spacial score (nSPS) is 17.5. The van der Waals surface area contributed by atoms with Crippen molar-refractivity contribution in [2.45, 2.75) is 13.0 Å². The highest BCUT2D eigenvalue weighted by atomic mass is 16.5. The van der Waals surface area contributed by atoms with Crippen LogP contribution in [0.25, 0.3) is 11.8 Å². The zero-order valence-electron chi connectivity index (χ0n) is 15.0. The summed E-state index contributed by atoms with van der Waals surface area (Å²) in [5.41, 5.74) is 4.84.